The van der Waals surface area contributed by atoms with Gasteiger partial charge in [-0.1, -0.05) is 13.8 Å². The molecule has 0 spiro atoms. The molecule has 0 aliphatic rings. The van der Waals surface area contributed by atoms with Crippen molar-refractivity contribution < 1.29 is 0 Å². The molecule has 0 atom stereocenters. The van der Waals surface area contributed by atoms with Crippen LogP contribution in [0.3, 0.4) is 0 Å². The van der Waals surface area contributed by atoms with E-state index >= 15 is 0 Å². The predicted octanol–water partition coefficient (Wildman–Crippen LogP) is 1.37. The van der Waals surface area contributed by atoms with Gasteiger partial charge in [0.1, 0.15) is 5.82 Å². The van der Waals surface area contributed by atoms with Crippen molar-refractivity contribution in [1.29, 1.82) is 0 Å². The van der Waals surface area contributed by atoms with Gasteiger partial charge in [0.15, 0.2) is 5.65 Å². The van der Waals surface area contributed by atoms with E-state index in [-0.39, 0.29) is 0 Å². The van der Waals surface area contributed by atoms with Crippen LogP contribution in [0, 0.1) is 5.92 Å². The van der Waals surface area contributed by atoms with Crippen molar-refractivity contribution in [1.82, 2.24) is 25.3 Å². The van der Waals surface area contributed by atoms with E-state index < -0.39 is 0 Å². The zero-order valence-electron chi connectivity index (χ0n) is 9.59. The lowest BCUT2D eigenvalue weighted by Gasteiger charge is -2.06. The van der Waals surface area contributed by atoms with E-state index in [1.54, 1.807) is 0 Å². The molecule has 2 rings (SSSR count). The Balaban J connectivity index is 1.89. The van der Waals surface area contributed by atoms with Crippen molar-refractivity contribution in [3.05, 3.63) is 12.1 Å². The lowest BCUT2D eigenvalue weighted by atomic mass is 10.1. The minimum Gasteiger partial charge on any atom is -0.369 e. The van der Waals surface area contributed by atoms with Crippen LogP contribution in [0.4, 0.5) is 5.82 Å². The van der Waals surface area contributed by atoms with Gasteiger partial charge >= 0.3 is 0 Å². The number of aromatic nitrogens is 5. The molecule has 0 unspecified atom stereocenters. The first kappa shape index (κ1) is 10.8. The van der Waals surface area contributed by atoms with Crippen LogP contribution < -0.4 is 5.32 Å². The Morgan fingerprint density at radius 3 is 3.06 bits per heavy atom. The largest absolute Gasteiger partial charge is 0.369 e. The second-order valence-corrected chi connectivity index (χ2v) is 4.21. The van der Waals surface area contributed by atoms with Crippen LogP contribution in [0.15, 0.2) is 12.1 Å². The maximum absolute atomic E-state index is 4.22. The van der Waals surface area contributed by atoms with E-state index in [2.05, 4.69) is 39.8 Å². The quantitative estimate of drug-likeness (QED) is 0.771. The maximum atomic E-state index is 4.22. The normalized spacial score (nSPS) is 11.2. The molecule has 0 saturated carbocycles. The van der Waals surface area contributed by atoms with Gasteiger partial charge in [-0.3, -0.25) is 0 Å². The zero-order chi connectivity index (χ0) is 11.4. The maximum Gasteiger partial charge on any atom is 0.200 e. The number of nitrogens with zero attached hydrogens (tertiary/aromatic N) is 5. The standard InChI is InChI=1S/C10H16N6/c1-8(2)4-3-7-11-9-5-6-10-12-14-15-16(10)13-9/h5-6,8H,3-4,7H2,1-2H3,(H,11,13). The molecule has 0 bridgehead atoms. The third kappa shape index (κ3) is 2.65. The molecule has 0 radical (unpaired) electrons. The van der Waals surface area contributed by atoms with Crippen LogP contribution in [0.2, 0.25) is 0 Å². The number of fused-ring (bicyclic) bond motifs is 1. The summed E-state index contributed by atoms with van der Waals surface area (Å²) in [6.45, 7) is 5.38. The van der Waals surface area contributed by atoms with Gasteiger partial charge in [0.25, 0.3) is 0 Å². The summed E-state index contributed by atoms with van der Waals surface area (Å²) in [7, 11) is 0. The average molecular weight is 220 g/mol. The molecule has 0 aliphatic carbocycles. The van der Waals surface area contributed by atoms with E-state index in [4.69, 9.17) is 0 Å². The summed E-state index contributed by atoms with van der Waals surface area (Å²) in [5.74, 6) is 1.56. The molecule has 1 N–H and O–H groups in total. The highest BCUT2D eigenvalue weighted by molar-refractivity contribution is 5.41. The first-order valence-electron chi connectivity index (χ1n) is 5.55. The van der Waals surface area contributed by atoms with E-state index in [1.807, 2.05) is 12.1 Å². The molecular formula is C10H16N6. The summed E-state index contributed by atoms with van der Waals surface area (Å²) >= 11 is 0. The van der Waals surface area contributed by atoms with Crippen molar-refractivity contribution in [2.24, 2.45) is 5.92 Å². The van der Waals surface area contributed by atoms with Crippen LogP contribution in [0.1, 0.15) is 26.7 Å². The van der Waals surface area contributed by atoms with E-state index in [0.717, 1.165) is 24.7 Å². The fourth-order valence-corrected chi connectivity index (χ4v) is 1.47. The average Bonchev–Trinajstić information content (AvgIpc) is 2.71. The summed E-state index contributed by atoms with van der Waals surface area (Å²) < 4.78 is 1.42. The minimum atomic E-state index is 0.660. The van der Waals surface area contributed by atoms with Crippen molar-refractivity contribution in [3.8, 4) is 0 Å². The molecule has 0 saturated heterocycles. The Hall–Kier alpha value is -1.72. The third-order valence-corrected chi connectivity index (χ3v) is 2.33. The minimum absolute atomic E-state index is 0.660. The van der Waals surface area contributed by atoms with Crippen molar-refractivity contribution in [2.75, 3.05) is 11.9 Å². The van der Waals surface area contributed by atoms with Gasteiger partial charge < -0.3 is 5.32 Å². The highest BCUT2D eigenvalue weighted by atomic mass is 15.6. The Morgan fingerprint density at radius 2 is 2.25 bits per heavy atom. The monoisotopic (exact) mass is 220 g/mol. The van der Waals surface area contributed by atoms with Gasteiger partial charge in [-0.25, -0.2) is 0 Å². The number of anilines is 1. The third-order valence-electron chi connectivity index (χ3n) is 2.33. The highest BCUT2D eigenvalue weighted by Gasteiger charge is 2.00. The number of hydrogen-bond donors (Lipinski definition) is 1. The molecule has 0 fully saturated rings. The molecule has 2 heterocycles. The SMILES string of the molecule is CC(C)CCCNc1ccc2nnnn2n1. The fraction of sp³-hybridized carbons (Fsp3) is 0.600. The van der Waals surface area contributed by atoms with Crippen LogP contribution in [0.25, 0.3) is 5.65 Å². The van der Waals surface area contributed by atoms with Crippen LogP contribution in [-0.4, -0.2) is 31.8 Å². The number of hydrogen-bond acceptors (Lipinski definition) is 5. The Labute approximate surface area is 94.0 Å². The van der Waals surface area contributed by atoms with E-state index in [1.165, 1.54) is 11.1 Å². The van der Waals surface area contributed by atoms with Gasteiger partial charge in [-0.2, -0.15) is 0 Å². The topological polar surface area (TPSA) is 68.0 Å². The first-order chi connectivity index (χ1) is 7.75. The molecule has 16 heavy (non-hydrogen) atoms. The summed E-state index contributed by atoms with van der Waals surface area (Å²) in [5, 5.41) is 18.5. The number of nitrogens with one attached hydrogen (secondary N) is 1. The van der Waals surface area contributed by atoms with E-state index in [0.29, 0.717) is 5.65 Å². The van der Waals surface area contributed by atoms with Crippen molar-refractivity contribution in [3.63, 3.8) is 0 Å². The van der Waals surface area contributed by atoms with E-state index in [9.17, 15) is 0 Å². The summed E-state index contributed by atoms with van der Waals surface area (Å²) in [6, 6.07) is 3.73. The molecule has 6 nitrogen and oxygen atoms in total. The van der Waals surface area contributed by atoms with Gasteiger partial charge in [0.05, 0.1) is 0 Å². The second kappa shape index (κ2) is 4.87. The van der Waals surface area contributed by atoms with Crippen LogP contribution in [0.5, 0.6) is 0 Å². The molecule has 86 valence electrons. The van der Waals surface area contributed by atoms with Crippen LogP contribution >= 0.6 is 0 Å². The van der Waals surface area contributed by atoms with Crippen molar-refractivity contribution in [2.45, 2.75) is 26.7 Å². The Morgan fingerprint density at radius 1 is 1.38 bits per heavy atom. The lowest BCUT2D eigenvalue weighted by molar-refractivity contribution is 0.566. The molecule has 0 aliphatic heterocycles. The fourth-order valence-electron chi connectivity index (χ4n) is 1.47. The van der Waals surface area contributed by atoms with Crippen molar-refractivity contribution >= 4 is 11.5 Å². The summed E-state index contributed by atoms with van der Waals surface area (Å²) in [4.78, 5) is 0. The summed E-state index contributed by atoms with van der Waals surface area (Å²) in [6.07, 6.45) is 2.37. The molecule has 0 aromatic carbocycles. The number of rotatable bonds is 5. The predicted molar refractivity (Wildman–Crippen MR) is 61.1 cm³/mol. The van der Waals surface area contributed by atoms with Gasteiger partial charge in [-0.15, -0.1) is 14.8 Å². The smallest absolute Gasteiger partial charge is 0.200 e. The number of tetrazole rings is 1. The summed E-state index contributed by atoms with van der Waals surface area (Å²) in [5.41, 5.74) is 0.660. The second-order valence-electron chi connectivity index (χ2n) is 4.21. The first-order valence-corrected chi connectivity index (χ1v) is 5.55. The van der Waals surface area contributed by atoms with Gasteiger partial charge in [-0.05, 0) is 41.3 Å². The highest BCUT2D eigenvalue weighted by Crippen LogP contribution is 2.06. The zero-order valence-corrected chi connectivity index (χ0v) is 9.59. The Kier molecular flexibility index (Phi) is 3.28. The molecule has 2 aromatic rings. The molecule has 0 amide bonds. The molecule has 2 aromatic heterocycles. The lowest BCUT2D eigenvalue weighted by Crippen LogP contribution is -2.07. The van der Waals surface area contributed by atoms with Crippen LogP contribution in [-0.2, 0) is 0 Å². The Bertz CT molecular complexity index is 449. The molecule has 6 heteroatoms. The van der Waals surface area contributed by atoms with Gasteiger partial charge in [0.2, 0.25) is 0 Å². The van der Waals surface area contributed by atoms with Gasteiger partial charge in [0, 0.05) is 6.54 Å². The molecular weight excluding hydrogens is 204 g/mol.